The second-order valence-electron chi connectivity index (χ2n) is 6.66. The van der Waals surface area contributed by atoms with Crippen LogP contribution in [0.15, 0.2) is 28.9 Å². The smallest absolute Gasteiger partial charge is 0.224 e. The average Bonchev–Trinajstić information content (AvgIpc) is 2.85. The van der Waals surface area contributed by atoms with E-state index in [2.05, 4.69) is 5.32 Å². The van der Waals surface area contributed by atoms with Crippen LogP contribution >= 0.6 is 0 Å². The van der Waals surface area contributed by atoms with Crippen molar-refractivity contribution < 1.29 is 19.1 Å². The first-order valence-corrected chi connectivity index (χ1v) is 8.55. The number of hydrogen-bond donors (Lipinski definition) is 2. The Bertz CT molecular complexity index is 708. The summed E-state index contributed by atoms with van der Waals surface area (Å²) in [5.74, 6) is -0.0981. The Kier molecular flexibility index (Phi) is 5.21. The number of hydrogen-bond acceptors (Lipinski definition) is 4. The molecule has 3 rings (SSSR count). The number of furan rings is 1. The molecule has 0 radical (unpaired) electrons. The van der Waals surface area contributed by atoms with Crippen LogP contribution in [0.2, 0.25) is 0 Å². The number of carbonyl (C=O) groups is 1. The Balaban J connectivity index is 1.68. The number of methoxy groups -OCH3 is 1. The lowest BCUT2D eigenvalue weighted by atomic mass is 10.0. The van der Waals surface area contributed by atoms with Gasteiger partial charge in [-0.3, -0.25) is 4.79 Å². The largest absolute Gasteiger partial charge is 0.464 e. The summed E-state index contributed by atoms with van der Waals surface area (Å²) in [5.41, 5.74) is 2.79. The number of benzene rings is 1. The Morgan fingerprint density at radius 1 is 1.38 bits per heavy atom. The fourth-order valence-corrected chi connectivity index (χ4v) is 3.48. The molecule has 5 heteroatoms. The van der Waals surface area contributed by atoms with Crippen molar-refractivity contribution >= 4 is 16.9 Å². The zero-order chi connectivity index (χ0) is 17.1. The van der Waals surface area contributed by atoms with Crippen LogP contribution in [0.25, 0.3) is 11.0 Å². The molecule has 0 unspecified atom stereocenters. The second-order valence-corrected chi connectivity index (χ2v) is 6.66. The maximum Gasteiger partial charge on any atom is 0.224 e. The normalized spacial score (nSPS) is 24.7. The number of nitrogens with one attached hydrogen (secondary N) is 1. The third-order valence-electron chi connectivity index (χ3n) is 4.86. The lowest BCUT2D eigenvalue weighted by molar-refractivity contribution is -0.123. The first kappa shape index (κ1) is 17.0. The summed E-state index contributed by atoms with van der Waals surface area (Å²) in [6.45, 7) is 2.01. The van der Waals surface area contributed by atoms with Crippen molar-refractivity contribution in [2.45, 2.75) is 57.3 Å². The standard InChI is InChI=1S/C19H25NO4/c1-12-7-8-14-13(11-24-17(14)9-12)10-18(21)20-15-5-3-4-6-16(23-2)19(15)22/h7-9,11,15-16,19,22H,3-6,10H2,1-2H3,(H,20,21)/t15-,16-,19-/m1/s1. The molecule has 3 atom stereocenters. The van der Waals surface area contributed by atoms with Crippen molar-refractivity contribution in [2.75, 3.05) is 7.11 Å². The summed E-state index contributed by atoms with van der Waals surface area (Å²) in [7, 11) is 1.61. The van der Waals surface area contributed by atoms with E-state index in [0.29, 0.717) is 0 Å². The summed E-state index contributed by atoms with van der Waals surface area (Å²) >= 11 is 0. The summed E-state index contributed by atoms with van der Waals surface area (Å²) in [6.07, 6.45) is 4.61. The maximum absolute atomic E-state index is 12.4. The van der Waals surface area contributed by atoms with Crippen LogP contribution in [0, 0.1) is 6.92 Å². The minimum atomic E-state index is -0.662. The predicted molar refractivity (Wildman–Crippen MR) is 91.9 cm³/mol. The monoisotopic (exact) mass is 331 g/mol. The zero-order valence-electron chi connectivity index (χ0n) is 14.2. The third-order valence-corrected chi connectivity index (χ3v) is 4.86. The molecule has 1 aromatic carbocycles. The van der Waals surface area contributed by atoms with E-state index in [1.54, 1.807) is 13.4 Å². The molecule has 2 aromatic rings. The highest BCUT2D eigenvalue weighted by molar-refractivity contribution is 5.88. The highest BCUT2D eigenvalue weighted by Gasteiger charge is 2.31. The molecule has 2 N–H and O–H groups in total. The van der Waals surface area contributed by atoms with Crippen LogP contribution in [0.5, 0.6) is 0 Å². The van der Waals surface area contributed by atoms with Gasteiger partial charge in [0, 0.05) is 18.1 Å². The van der Waals surface area contributed by atoms with Gasteiger partial charge >= 0.3 is 0 Å². The van der Waals surface area contributed by atoms with Gasteiger partial charge in [-0.25, -0.2) is 0 Å². The molecule has 0 aliphatic heterocycles. The zero-order valence-corrected chi connectivity index (χ0v) is 14.2. The lowest BCUT2D eigenvalue weighted by Crippen LogP contribution is -2.48. The number of carbonyl (C=O) groups excluding carboxylic acids is 1. The van der Waals surface area contributed by atoms with Crippen LogP contribution in [0.3, 0.4) is 0 Å². The van der Waals surface area contributed by atoms with Gasteiger partial charge < -0.3 is 19.6 Å². The molecule has 1 fully saturated rings. The van der Waals surface area contributed by atoms with E-state index in [0.717, 1.165) is 47.8 Å². The first-order valence-electron chi connectivity index (χ1n) is 8.55. The Morgan fingerprint density at radius 2 is 2.17 bits per heavy atom. The molecule has 24 heavy (non-hydrogen) atoms. The maximum atomic E-state index is 12.4. The first-order chi connectivity index (χ1) is 11.6. The van der Waals surface area contributed by atoms with E-state index in [1.807, 2.05) is 25.1 Å². The van der Waals surface area contributed by atoms with Gasteiger partial charge in [0.25, 0.3) is 0 Å². The van der Waals surface area contributed by atoms with E-state index in [9.17, 15) is 9.90 Å². The van der Waals surface area contributed by atoms with Crippen molar-refractivity contribution in [3.05, 3.63) is 35.6 Å². The topological polar surface area (TPSA) is 71.7 Å². The number of ether oxygens (including phenoxy) is 1. The summed E-state index contributed by atoms with van der Waals surface area (Å²) < 4.78 is 10.9. The SMILES string of the molecule is CO[C@@H]1CCCC[C@@H](NC(=O)Cc2coc3cc(C)ccc23)[C@H]1O. The Morgan fingerprint density at radius 3 is 2.96 bits per heavy atom. The van der Waals surface area contributed by atoms with E-state index in [4.69, 9.17) is 9.15 Å². The van der Waals surface area contributed by atoms with Crippen molar-refractivity contribution in [3.8, 4) is 0 Å². The molecule has 0 spiro atoms. The number of aliphatic hydroxyl groups is 1. The van der Waals surface area contributed by atoms with Gasteiger partial charge in [0.2, 0.25) is 5.91 Å². The average molecular weight is 331 g/mol. The van der Waals surface area contributed by atoms with Crippen LogP contribution < -0.4 is 5.32 Å². The molecule has 0 saturated heterocycles. The van der Waals surface area contributed by atoms with Gasteiger partial charge in [-0.05, 0) is 31.4 Å². The van der Waals surface area contributed by atoms with Gasteiger partial charge in [0.15, 0.2) is 0 Å². The van der Waals surface area contributed by atoms with Crippen LogP contribution in [-0.4, -0.2) is 36.4 Å². The van der Waals surface area contributed by atoms with Crippen molar-refractivity contribution in [1.29, 1.82) is 0 Å². The number of rotatable bonds is 4. The van der Waals surface area contributed by atoms with Gasteiger partial charge in [-0.2, -0.15) is 0 Å². The van der Waals surface area contributed by atoms with Gasteiger partial charge in [0.1, 0.15) is 11.7 Å². The molecule has 1 amide bonds. The van der Waals surface area contributed by atoms with Gasteiger partial charge in [-0.1, -0.05) is 25.0 Å². The summed E-state index contributed by atoms with van der Waals surface area (Å²) in [6, 6.07) is 5.70. The number of fused-ring (bicyclic) bond motifs is 1. The molecule has 130 valence electrons. The molecular formula is C19H25NO4. The molecule has 1 heterocycles. The van der Waals surface area contributed by atoms with Crippen LogP contribution in [-0.2, 0) is 16.0 Å². The van der Waals surface area contributed by atoms with Crippen LogP contribution in [0.4, 0.5) is 0 Å². The fourth-order valence-electron chi connectivity index (χ4n) is 3.48. The highest BCUT2D eigenvalue weighted by atomic mass is 16.5. The van der Waals surface area contributed by atoms with Crippen molar-refractivity contribution in [1.82, 2.24) is 5.32 Å². The van der Waals surface area contributed by atoms with Crippen molar-refractivity contribution in [2.24, 2.45) is 0 Å². The number of aryl methyl sites for hydroxylation is 1. The van der Waals surface area contributed by atoms with E-state index in [1.165, 1.54) is 0 Å². The van der Waals surface area contributed by atoms with E-state index >= 15 is 0 Å². The fraction of sp³-hybridized carbons (Fsp3) is 0.526. The molecule has 1 saturated carbocycles. The Labute approximate surface area is 142 Å². The molecule has 1 aromatic heterocycles. The number of aliphatic hydroxyl groups excluding tert-OH is 1. The molecule has 1 aliphatic carbocycles. The minimum Gasteiger partial charge on any atom is -0.464 e. The van der Waals surface area contributed by atoms with Gasteiger partial charge in [-0.15, -0.1) is 0 Å². The molecule has 5 nitrogen and oxygen atoms in total. The Hall–Kier alpha value is -1.85. The lowest BCUT2D eigenvalue weighted by Gasteiger charge is -2.27. The van der Waals surface area contributed by atoms with Gasteiger partial charge in [0.05, 0.1) is 24.8 Å². The van der Waals surface area contributed by atoms with E-state index in [-0.39, 0.29) is 24.5 Å². The number of amides is 1. The molecular weight excluding hydrogens is 306 g/mol. The minimum absolute atomic E-state index is 0.0981. The second kappa shape index (κ2) is 7.36. The molecule has 1 aliphatic rings. The molecule has 0 bridgehead atoms. The summed E-state index contributed by atoms with van der Waals surface area (Å²) in [5, 5.41) is 14.4. The van der Waals surface area contributed by atoms with Crippen molar-refractivity contribution in [3.63, 3.8) is 0 Å². The van der Waals surface area contributed by atoms with Crippen LogP contribution in [0.1, 0.15) is 36.8 Å². The summed E-state index contributed by atoms with van der Waals surface area (Å²) in [4.78, 5) is 12.4. The van der Waals surface area contributed by atoms with E-state index < -0.39 is 6.10 Å². The highest BCUT2D eigenvalue weighted by Crippen LogP contribution is 2.24. The predicted octanol–water partition coefficient (Wildman–Crippen LogP) is 2.72. The quantitative estimate of drug-likeness (QED) is 0.845. The third kappa shape index (κ3) is 3.62.